The van der Waals surface area contributed by atoms with E-state index in [0.29, 0.717) is 12.2 Å². The van der Waals surface area contributed by atoms with Gasteiger partial charge < -0.3 is 10.6 Å². The van der Waals surface area contributed by atoms with Gasteiger partial charge in [-0.3, -0.25) is 4.79 Å². The van der Waals surface area contributed by atoms with E-state index in [1.54, 1.807) is 12.3 Å². The van der Waals surface area contributed by atoms with E-state index < -0.39 is 0 Å². The molecule has 2 aromatic rings. The predicted octanol–water partition coefficient (Wildman–Crippen LogP) is 0.279. The lowest BCUT2D eigenvalue weighted by atomic mass is 10.1. The van der Waals surface area contributed by atoms with E-state index in [4.69, 9.17) is 0 Å². The van der Waals surface area contributed by atoms with Crippen LogP contribution in [0.25, 0.3) is 11.4 Å². The molecular weight excluding hydrogens is 240 g/mol. The molecule has 2 rings (SSSR count). The van der Waals surface area contributed by atoms with Crippen molar-refractivity contribution in [2.24, 2.45) is 0 Å². The van der Waals surface area contributed by atoms with Crippen molar-refractivity contribution in [1.29, 1.82) is 0 Å². The Balaban J connectivity index is 2.13. The molecule has 2 heterocycles. The smallest absolute Gasteiger partial charge is 0.276 e. The van der Waals surface area contributed by atoms with E-state index in [-0.39, 0.29) is 5.91 Å². The second kappa shape index (κ2) is 6.61. The highest BCUT2D eigenvalue weighted by Gasteiger charge is 2.15. The monoisotopic (exact) mass is 258 g/mol. The van der Waals surface area contributed by atoms with Crippen LogP contribution in [0.4, 0.5) is 0 Å². The number of aromatic amines is 2. The minimum absolute atomic E-state index is 0.0906. The van der Waals surface area contributed by atoms with Gasteiger partial charge in [-0.25, -0.2) is 9.97 Å². The van der Waals surface area contributed by atoms with Crippen molar-refractivity contribution in [3.8, 4) is 11.4 Å². The Kier molecular flexibility index (Phi) is 4.58. The van der Waals surface area contributed by atoms with Crippen LogP contribution in [0, 0.1) is 0 Å². The van der Waals surface area contributed by atoms with Gasteiger partial charge in [-0.15, -0.1) is 0 Å². The van der Waals surface area contributed by atoms with Gasteiger partial charge in [0.2, 0.25) is 0 Å². The molecule has 0 aromatic carbocycles. The molecule has 5 heteroatoms. The summed E-state index contributed by atoms with van der Waals surface area (Å²) in [6.45, 7) is 3.29. The van der Waals surface area contributed by atoms with Crippen LogP contribution >= 0.6 is 0 Å². The molecule has 0 radical (unpaired) electrons. The number of hydrogen-bond acceptors (Lipinski definition) is 2. The van der Waals surface area contributed by atoms with Crippen LogP contribution in [0.3, 0.4) is 0 Å². The number of aromatic nitrogens is 2. The van der Waals surface area contributed by atoms with Crippen LogP contribution in [0.2, 0.25) is 0 Å². The second-order valence-corrected chi connectivity index (χ2v) is 4.05. The molecule has 0 unspecified atom stereocenters. The average Bonchev–Trinajstić information content (AvgIpc) is 2.48. The normalized spacial score (nSPS) is 10.2. The Morgan fingerprint density at radius 2 is 2.00 bits per heavy atom. The summed E-state index contributed by atoms with van der Waals surface area (Å²) >= 11 is 0. The van der Waals surface area contributed by atoms with E-state index in [0.717, 1.165) is 17.9 Å². The topological polar surface area (TPSA) is 69.4 Å². The highest BCUT2D eigenvalue weighted by atomic mass is 16.1. The third kappa shape index (κ3) is 3.59. The van der Waals surface area contributed by atoms with Crippen LogP contribution in [0.1, 0.15) is 17.3 Å². The first-order chi connectivity index (χ1) is 9.31. The number of H-pyrrole nitrogens is 2. The lowest BCUT2D eigenvalue weighted by molar-refractivity contribution is -0.402. The van der Waals surface area contributed by atoms with Crippen molar-refractivity contribution in [3.05, 3.63) is 48.3 Å². The van der Waals surface area contributed by atoms with Crippen molar-refractivity contribution < 1.29 is 14.8 Å². The molecule has 0 spiro atoms. The molecule has 1 amide bonds. The highest BCUT2D eigenvalue weighted by Crippen LogP contribution is 2.09. The van der Waals surface area contributed by atoms with E-state index in [9.17, 15) is 4.79 Å². The van der Waals surface area contributed by atoms with Gasteiger partial charge >= 0.3 is 0 Å². The molecule has 4 N–H and O–H groups in total. The lowest BCUT2D eigenvalue weighted by Gasteiger charge is -2.04. The SMILES string of the molecule is CCNCNC(=O)c1cc[nH+]c(-c2cccc[nH+]2)c1. The maximum Gasteiger partial charge on any atom is 0.276 e. The van der Waals surface area contributed by atoms with Crippen LogP contribution in [-0.4, -0.2) is 19.1 Å². The zero-order valence-electron chi connectivity index (χ0n) is 10.9. The second-order valence-electron chi connectivity index (χ2n) is 4.05. The average molecular weight is 258 g/mol. The fourth-order valence-corrected chi connectivity index (χ4v) is 1.69. The van der Waals surface area contributed by atoms with Crippen molar-refractivity contribution in [3.63, 3.8) is 0 Å². The maximum absolute atomic E-state index is 11.9. The molecule has 0 fully saturated rings. The van der Waals surface area contributed by atoms with Crippen LogP contribution < -0.4 is 20.6 Å². The van der Waals surface area contributed by atoms with Crippen molar-refractivity contribution >= 4 is 5.91 Å². The Labute approximate surface area is 112 Å². The molecule has 19 heavy (non-hydrogen) atoms. The molecular formula is C14H18N4O+2. The Bertz CT molecular complexity index is 542. The molecule has 0 aliphatic carbocycles. The summed E-state index contributed by atoms with van der Waals surface area (Å²) in [7, 11) is 0. The Hall–Kier alpha value is -2.27. The summed E-state index contributed by atoms with van der Waals surface area (Å²) in [5.74, 6) is -0.0906. The van der Waals surface area contributed by atoms with Crippen molar-refractivity contribution in [2.45, 2.75) is 6.92 Å². The van der Waals surface area contributed by atoms with Crippen LogP contribution in [-0.2, 0) is 0 Å². The third-order valence-corrected chi connectivity index (χ3v) is 2.69. The zero-order valence-corrected chi connectivity index (χ0v) is 10.9. The first-order valence-electron chi connectivity index (χ1n) is 6.29. The summed E-state index contributed by atoms with van der Waals surface area (Å²) in [6, 6.07) is 9.39. The number of hydrogen-bond donors (Lipinski definition) is 2. The molecule has 0 atom stereocenters. The molecule has 0 saturated heterocycles. The highest BCUT2D eigenvalue weighted by molar-refractivity contribution is 5.94. The van der Waals surface area contributed by atoms with Crippen molar-refractivity contribution in [2.75, 3.05) is 13.2 Å². The Morgan fingerprint density at radius 1 is 1.16 bits per heavy atom. The number of pyridine rings is 2. The Morgan fingerprint density at radius 3 is 2.74 bits per heavy atom. The zero-order chi connectivity index (χ0) is 13.5. The predicted molar refractivity (Wildman–Crippen MR) is 71.0 cm³/mol. The largest absolute Gasteiger partial charge is 0.339 e. The number of nitrogens with one attached hydrogen (secondary N) is 4. The van der Waals surface area contributed by atoms with E-state index in [2.05, 4.69) is 20.6 Å². The molecule has 0 saturated carbocycles. The molecule has 0 bridgehead atoms. The molecule has 2 aromatic heterocycles. The van der Waals surface area contributed by atoms with E-state index >= 15 is 0 Å². The fraction of sp³-hybridized carbons (Fsp3) is 0.214. The number of carbonyl (C=O) groups is 1. The number of carbonyl (C=O) groups excluding carboxylic acids is 1. The first kappa shape index (κ1) is 13.2. The summed E-state index contributed by atoms with van der Waals surface area (Å²) in [5, 5.41) is 5.85. The van der Waals surface area contributed by atoms with E-state index in [1.165, 1.54) is 0 Å². The van der Waals surface area contributed by atoms with Gasteiger partial charge in [0.1, 0.15) is 0 Å². The molecule has 0 aliphatic heterocycles. The maximum atomic E-state index is 11.9. The van der Waals surface area contributed by atoms with Crippen LogP contribution in [0.15, 0.2) is 42.7 Å². The lowest BCUT2D eigenvalue weighted by Crippen LogP contribution is -2.33. The molecule has 98 valence electrons. The number of rotatable bonds is 5. The summed E-state index contributed by atoms with van der Waals surface area (Å²) in [6.07, 6.45) is 3.61. The summed E-state index contributed by atoms with van der Waals surface area (Å²) in [4.78, 5) is 18.2. The fourth-order valence-electron chi connectivity index (χ4n) is 1.69. The van der Waals surface area contributed by atoms with Gasteiger partial charge in [0.05, 0.1) is 12.2 Å². The van der Waals surface area contributed by atoms with Gasteiger partial charge in [-0.05, 0) is 12.6 Å². The van der Waals surface area contributed by atoms with Gasteiger partial charge in [-0.1, -0.05) is 6.92 Å². The summed E-state index contributed by atoms with van der Waals surface area (Å²) in [5.41, 5.74) is 2.43. The standard InChI is InChI=1S/C14H16N4O/c1-2-15-10-18-14(19)11-6-8-17-13(9-11)12-5-3-4-7-16-12/h3-9,15H,2,10H2,1H3,(H,18,19)/p+2. The van der Waals surface area contributed by atoms with Gasteiger partial charge in [0, 0.05) is 24.3 Å². The first-order valence-corrected chi connectivity index (χ1v) is 6.29. The van der Waals surface area contributed by atoms with Gasteiger partial charge in [0.15, 0.2) is 12.4 Å². The quantitative estimate of drug-likeness (QED) is 0.597. The van der Waals surface area contributed by atoms with Gasteiger partial charge in [-0.2, -0.15) is 0 Å². The molecule has 5 nitrogen and oxygen atoms in total. The molecule has 0 aliphatic rings. The van der Waals surface area contributed by atoms with Crippen LogP contribution in [0.5, 0.6) is 0 Å². The minimum atomic E-state index is -0.0906. The van der Waals surface area contributed by atoms with E-state index in [1.807, 2.05) is 37.4 Å². The summed E-state index contributed by atoms with van der Waals surface area (Å²) < 4.78 is 0. The minimum Gasteiger partial charge on any atom is -0.339 e. The van der Waals surface area contributed by atoms with Gasteiger partial charge in [0.25, 0.3) is 17.3 Å². The van der Waals surface area contributed by atoms with Crippen molar-refractivity contribution in [1.82, 2.24) is 10.6 Å². The third-order valence-electron chi connectivity index (χ3n) is 2.69. The number of amides is 1.